The zero-order valence-corrected chi connectivity index (χ0v) is 18.8. The van der Waals surface area contributed by atoms with Crippen LogP contribution in [0.15, 0.2) is 69.2 Å². The van der Waals surface area contributed by atoms with E-state index in [0.29, 0.717) is 34.5 Å². The summed E-state index contributed by atoms with van der Waals surface area (Å²) in [6.07, 6.45) is 0. The maximum atomic E-state index is 12.9. The van der Waals surface area contributed by atoms with Gasteiger partial charge in [0.05, 0.1) is 18.1 Å². The summed E-state index contributed by atoms with van der Waals surface area (Å²) in [7, 11) is 0. The highest BCUT2D eigenvalue weighted by molar-refractivity contribution is 6.31. The Kier molecular flexibility index (Phi) is 6.29. The molecule has 8 heteroatoms. The van der Waals surface area contributed by atoms with Gasteiger partial charge in [-0.3, -0.25) is 0 Å². The number of fused-ring (bicyclic) bond motifs is 1. The SMILES string of the molecule is CCOc1cccc([C@H]2C(C#N)=C(N)Oc3cc(C)oc(=O)c32)c1OCc1ccccc1Cl. The third-order valence-corrected chi connectivity index (χ3v) is 5.58. The zero-order chi connectivity index (χ0) is 23.5. The number of para-hydroxylation sites is 1. The lowest BCUT2D eigenvalue weighted by atomic mass is 9.83. The normalized spacial score (nSPS) is 14.8. The Labute approximate surface area is 195 Å². The first-order valence-electron chi connectivity index (χ1n) is 10.3. The molecule has 7 nitrogen and oxygen atoms in total. The van der Waals surface area contributed by atoms with E-state index < -0.39 is 11.5 Å². The first-order chi connectivity index (χ1) is 15.9. The molecule has 0 radical (unpaired) electrons. The van der Waals surface area contributed by atoms with Crippen LogP contribution in [-0.2, 0) is 6.61 Å². The molecule has 0 unspecified atom stereocenters. The summed E-state index contributed by atoms with van der Waals surface area (Å²) >= 11 is 6.30. The number of nitrogens with zero attached hydrogens (tertiary/aromatic N) is 1. The minimum absolute atomic E-state index is 0.0786. The van der Waals surface area contributed by atoms with Crippen molar-refractivity contribution in [3.05, 3.63) is 97.9 Å². The molecule has 0 bridgehead atoms. The van der Waals surface area contributed by atoms with Crippen LogP contribution in [-0.4, -0.2) is 6.61 Å². The lowest BCUT2D eigenvalue weighted by molar-refractivity contribution is 0.265. The molecule has 1 atom stereocenters. The molecule has 1 aromatic heterocycles. The maximum absolute atomic E-state index is 12.9. The maximum Gasteiger partial charge on any atom is 0.343 e. The third kappa shape index (κ3) is 4.26. The largest absolute Gasteiger partial charge is 0.490 e. The number of rotatable bonds is 6. The fourth-order valence-corrected chi connectivity index (χ4v) is 3.97. The van der Waals surface area contributed by atoms with Crippen molar-refractivity contribution in [2.24, 2.45) is 5.73 Å². The average molecular weight is 465 g/mol. The summed E-state index contributed by atoms with van der Waals surface area (Å²) in [5.41, 5.74) is 7.00. The van der Waals surface area contributed by atoms with Crippen LogP contribution in [0.5, 0.6) is 17.2 Å². The van der Waals surface area contributed by atoms with Gasteiger partial charge in [-0.05, 0) is 26.0 Å². The second-order valence-electron chi connectivity index (χ2n) is 7.33. The van der Waals surface area contributed by atoms with Crippen molar-refractivity contribution < 1.29 is 18.6 Å². The monoisotopic (exact) mass is 464 g/mol. The summed E-state index contributed by atoms with van der Waals surface area (Å²) in [5.74, 6) is 0.490. The Morgan fingerprint density at radius 1 is 1.18 bits per heavy atom. The number of nitriles is 1. The summed E-state index contributed by atoms with van der Waals surface area (Å²) < 4.78 is 22.9. The standard InChI is InChI=1S/C25H21ClN2O5/c1-3-30-19-10-6-8-16(23(19)31-13-15-7-4-5-9-18(15)26)21-17(12-27)24(28)33-20-11-14(2)32-25(29)22(20)21/h4-11,21H,3,13,28H2,1-2H3/t21-/m0/s1. The van der Waals surface area contributed by atoms with Crippen LogP contribution in [0.1, 0.15) is 35.3 Å². The molecule has 0 fully saturated rings. The summed E-state index contributed by atoms with van der Waals surface area (Å²) in [6, 6.07) is 16.2. The van der Waals surface area contributed by atoms with E-state index in [1.165, 1.54) is 0 Å². The van der Waals surface area contributed by atoms with Crippen LogP contribution >= 0.6 is 11.6 Å². The van der Waals surface area contributed by atoms with Gasteiger partial charge in [0.1, 0.15) is 29.8 Å². The molecule has 2 N–H and O–H groups in total. The van der Waals surface area contributed by atoms with E-state index in [1.54, 1.807) is 37.3 Å². The number of benzene rings is 2. The molecule has 2 aromatic carbocycles. The quantitative estimate of drug-likeness (QED) is 0.558. The molecule has 0 aliphatic carbocycles. The van der Waals surface area contributed by atoms with Gasteiger partial charge in [-0.1, -0.05) is 41.9 Å². The van der Waals surface area contributed by atoms with E-state index in [1.807, 2.05) is 25.1 Å². The Morgan fingerprint density at radius 3 is 2.70 bits per heavy atom. The third-order valence-electron chi connectivity index (χ3n) is 5.21. The number of halogens is 1. The molecule has 0 spiro atoms. The molecule has 1 aliphatic heterocycles. The van der Waals surface area contributed by atoms with Gasteiger partial charge in [0.2, 0.25) is 5.88 Å². The number of nitrogens with two attached hydrogens (primary N) is 1. The van der Waals surface area contributed by atoms with Gasteiger partial charge in [-0.25, -0.2) is 4.79 Å². The van der Waals surface area contributed by atoms with Gasteiger partial charge in [-0.15, -0.1) is 0 Å². The highest BCUT2D eigenvalue weighted by atomic mass is 35.5. The van der Waals surface area contributed by atoms with Crippen LogP contribution in [0.3, 0.4) is 0 Å². The minimum Gasteiger partial charge on any atom is -0.490 e. The van der Waals surface area contributed by atoms with E-state index >= 15 is 0 Å². The highest BCUT2D eigenvalue weighted by Crippen LogP contribution is 2.46. The molecule has 1 aliphatic rings. The Balaban J connectivity index is 1.90. The van der Waals surface area contributed by atoms with E-state index in [-0.39, 0.29) is 29.4 Å². The van der Waals surface area contributed by atoms with Gasteiger partial charge < -0.3 is 24.4 Å². The van der Waals surface area contributed by atoms with Crippen molar-refractivity contribution in [1.82, 2.24) is 0 Å². The average Bonchev–Trinajstić information content (AvgIpc) is 2.78. The van der Waals surface area contributed by atoms with E-state index in [9.17, 15) is 10.1 Å². The molecule has 0 saturated carbocycles. The van der Waals surface area contributed by atoms with Crippen LogP contribution in [0.2, 0.25) is 5.02 Å². The first kappa shape index (κ1) is 22.3. The number of aryl methyl sites for hydroxylation is 1. The molecule has 33 heavy (non-hydrogen) atoms. The summed E-state index contributed by atoms with van der Waals surface area (Å²) in [6.45, 7) is 4.02. The number of ether oxygens (including phenoxy) is 3. The van der Waals surface area contributed by atoms with E-state index in [2.05, 4.69) is 6.07 Å². The van der Waals surface area contributed by atoms with E-state index in [0.717, 1.165) is 5.56 Å². The van der Waals surface area contributed by atoms with Crippen molar-refractivity contribution in [3.8, 4) is 23.3 Å². The fourth-order valence-electron chi connectivity index (χ4n) is 3.78. The molecular weight excluding hydrogens is 444 g/mol. The lowest BCUT2D eigenvalue weighted by Gasteiger charge is -2.27. The molecular formula is C25H21ClN2O5. The molecule has 4 rings (SSSR count). The molecule has 168 valence electrons. The van der Waals surface area contributed by atoms with Crippen molar-refractivity contribution in [2.75, 3.05) is 6.61 Å². The van der Waals surface area contributed by atoms with Gasteiger partial charge in [0, 0.05) is 22.2 Å². The van der Waals surface area contributed by atoms with Crippen LogP contribution < -0.4 is 25.6 Å². The molecule has 0 amide bonds. The van der Waals surface area contributed by atoms with E-state index in [4.69, 9.17) is 36.0 Å². The predicted octanol–water partition coefficient (Wildman–Crippen LogP) is 4.80. The van der Waals surface area contributed by atoms with Crippen molar-refractivity contribution in [2.45, 2.75) is 26.4 Å². The Morgan fingerprint density at radius 2 is 1.97 bits per heavy atom. The minimum atomic E-state index is -0.864. The van der Waals surface area contributed by atoms with Crippen molar-refractivity contribution in [1.29, 1.82) is 5.26 Å². The van der Waals surface area contributed by atoms with Gasteiger partial charge >= 0.3 is 5.63 Å². The van der Waals surface area contributed by atoms with Crippen LogP contribution in [0.25, 0.3) is 0 Å². The number of allylic oxidation sites excluding steroid dienone is 1. The van der Waals surface area contributed by atoms with Gasteiger partial charge in [0.25, 0.3) is 0 Å². The number of hydrogen-bond acceptors (Lipinski definition) is 7. The fraction of sp³-hybridized carbons (Fsp3) is 0.200. The summed E-state index contributed by atoms with van der Waals surface area (Å²) in [5, 5.41) is 10.4. The first-order valence-corrected chi connectivity index (χ1v) is 10.7. The second-order valence-corrected chi connectivity index (χ2v) is 7.74. The highest BCUT2D eigenvalue weighted by Gasteiger charge is 2.36. The Bertz CT molecular complexity index is 1340. The molecule has 0 saturated heterocycles. The molecule has 2 heterocycles. The van der Waals surface area contributed by atoms with Crippen LogP contribution in [0, 0.1) is 18.3 Å². The smallest absolute Gasteiger partial charge is 0.343 e. The van der Waals surface area contributed by atoms with Gasteiger partial charge in [0.15, 0.2) is 11.5 Å². The van der Waals surface area contributed by atoms with Gasteiger partial charge in [-0.2, -0.15) is 5.26 Å². The van der Waals surface area contributed by atoms with Crippen molar-refractivity contribution >= 4 is 11.6 Å². The second kappa shape index (κ2) is 9.31. The summed E-state index contributed by atoms with van der Waals surface area (Å²) in [4.78, 5) is 12.9. The van der Waals surface area contributed by atoms with Crippen molar-refractivity contribution in [3.63, 3.8) is 0 Å². The lowest BCUT2D eigenvalue weighted by Crippen LogP contribution is -2.26. The topological polar surface area (TPSA) is 108 Å². The van der Waals surface area contributed by atoms with Crippen LogP contribution in [0.4, 0.5) is 0 Å². The molecule has 3 aromatic rings. The number of hydrogen-bond donors (Lipinski definition) is 1. The zero-order valence-electron chi connectivity index (χ0n) is 18.1. The predicted molar refractivity (Wildman–Crippen MR) is 122 cm³/mol. The Hall–Kier alpha value is -3.89.